The highest BCUT2D eigenvalue weighted by atomic mass is 15.2. The highest BCUT2D eigenvalue weighted by Gasteiger charge is 2.12. The first-order valence-corrected chi connectivity index (χ1v) is 7.43. The lowest BCUT2D eigenvalue weighted by Gasteiger charge is -2.30. The lowest BCUT2D eigenvalue weighted by Crippen LogP contribution is -2.40. The average molecular weight is 271 g/mol. The zero-order valence-electron chi connectivity index (χ0n) is 12.9. The van der Waals surface area contributed by atoms with Crippen molar-refractivity contribution < 1.29 is 0 Å². The average Bonchev–Trinajstić information content (AvgIpc) is 2.42. The number of para-hydroxylation sites is 1. The van der Waals surface area contributed by atoms with Gasteiger partial charge in [-0.25, -0.2) is 0 Å². The third-order valence-corrected chi connectivity index (χ3v) is 3.64. The smallest absolute Gasteiger partial charge is 0.0933 e. The third-order valence-electron chi connectivity index (χ3n) is 3.64. The maximum absolute atomic E-state index is 4.47. The predicted molar refractivity (Wildman–Crippen MR) is 87.2 cm³/mol. The number of benzene rings is 1. The first-order chi connectivity index (χ1) is 9.59. The molecule has 0 atom stereocenters. The van der Waals surface area contributed by atoms with E-state index in [0.29, 0.717) is 12.1 Å². The molecule has 1 heterocycles. The van der Waals surface area contributed by atoms with Crippen LogP contribution in [0.5, 0.6) is 0 Å². The largest absolute Gasteiger partial charge is 0.382 e. The Bertz CT molecular complexity index is 535. The molecule has 0 aliphatic rings. The number of rotatable bonds is 6. The Morgan fingerprint density at radius 1 is 1.05 bits per heavy atom. The van der Waals surface area contributed by atoms with Gasteiger partial charge in [0.2, 0.25) is 0 Å². The van der Waals surface area contributed by atoms with Crippen molar-refractivity contribution in [3.8, 4) is 0 Å². The minimum Gasteiger partial charge on any atom is -0.382 e. The molecular weight excluding hydrogens is 246 g/mol. The highest BCUT2D eigenvalue weighted by molar-refractivity contribution is 5.90. The molecule has 108 valence electrons. The van der Waals surface area contributed by atoms with E-state index < -0.39 is 0 Å². The first-order valence-electron chi connectivity index (χ1n) is 7.43. The molecule has 3 nitrogen and oxygen atoms in total. The Morgan fingerprint density at radius 2 is 1.75 bits per heavy atom. The van der Waals surface area contributed by atoms with Crippen LogP contribution in [-0.2, 0) is 0 Å². The molecule has 0 spiro atoms. The van der Waals surface area contributed by atoms with Gasteiger partial charge in [0.15, 0.2) is 0 Å². The van der Waals surface area contributed by atoms with Crippen LogP contribution in [-0.4, -0.2) is 35.1 Å². The molecule has 0 bridgehead atoms. The van der Waals surface area contributed by atoms with E-state index in [0.717, 1.165) is 24.3 Å². The van der Waals surface area contributed by atoms with E-state index in [1.807, 2.05) is 12.3 Å². The summed E-state index contributed by atoms with van der Waals surface area (Å²) in [5.74, 6) is 0. The summed E-state index contributed by atoms with van der Waals surface area (Å²) in [6.45, 7) is 11.0. The van der Waals surface area contributed by atoms with Crippen LogP contribution >= 0.6 is 0 Å². The van der Waals surface area contributed by atoms with Crippen molar-refractivity contribution in [2.45, 2.75) is 39.8 Å². The number of anilines is 1. The van der Waals surface area contributed by atoms with Crippen LogP contribution in [0.15, 0.2) is 36.5 Å². The van der Waals surface area contributed by atoms with E-state index in [1.165, 1.54) is 5.39 Å². The summed E-state index contributed by atoms with van der Waals surface area (Å²) >= 11 is 0. The van der Waals surface area contributed by atoms with Gasteiger partial charge in [-0.05, 0) is 39.8 Å². The van der Waals surface area contributed by atoms with Gasteiger partial charge >= 0.3 is 0 Å². The zero-order chi connectivity index (χ0) is 14.5. The molecule has 1 aromatic heterocycles. The van der Waals surface area contributed by atoms with Gasteiger partial charge in [-0.15, -0.1) is 0 Å². The van der Waals surface area contributed by atoms with Gasteiger partial charge in [0, 0.05) is 36.8 Å². The number of pyridine rings is 1. The summed E-state index contributed by atoms with van der Waals surface area (Å²) in [6.07, 6.45) is 1.85. The molecule has 0 aliphatic heterocycles. The molecule has 0 unspecified atom stereocenters. The van der Waals surface area contributed by atoms with Crippen molar-refractivity contribution in [2.75, 3.05) is 18.4 Å². The van der Waals surface area contributed by atoms with Crippen LogP contribution in [0, 0.1) is 0 Å². The van der Waals surface area contributed by atoms with Gasteiger partial charge in [-0.2, -0.15) is 0 Å². The number of nitrogens with zero attached hydrogens (tertiary/aromatic N) is 2. The molecule has 3 heteroatoms. The lowest BCUT2D eigenvalue weighted by atomic mass is 10.2. The van der Waals surface area contributed by atoms with Crippen molar-refractivity contribution in [1.29, 1.82) is 0 Å². The molecular formula is C17H25N3. The normalized spacial score (nSPS) is 11.8. The van der Waals surface area contributed by atoms with E-state index in [4.69, 9.17) is 0 Å². The summed E-state index contributed by atoms with van der Waals surface area (Å²) in [7, 11) is 0. The number of nitrogens with one attached hydrogen (secondary N) is 1. The number of hydrogen-bond donors (Lipinski definition) is 1. The van der Waals surface area contributed by atoms with Crippen molar-refractivity contribution in [3.05, 3.63) is 36.5 Å². The summed E-state index contributed by atoms with van der Waals surface area (Å²) in [4.78, 5) is 6.96. The summed E-state index contributed by atoms with van der Waals surface area (Å²) in [5.41, 5.74) is 2.17. The topological polar surface area (TPSA) is 28.2 Å². The Kier molecular flexibility index (Phi) is 4.96. The first kappa shape index (κ1) is 14.8. The quantitative estimate of drug-likeness (QED) is 0.867. The Hall–Kier alpha value is -1.61. The Labute approximate surface area is 122 Å². The minimum absolute atomic E-state index is 0.572. The van der Waals surface area contributed by atoms with Gasteiger partial charge in [0.05, 0.1) is 11.2 Å². The Morgan fingerprint density at radius 3 is 2.45 bits per heavy atom. The maximum Gasteiger partial charge on any atom is 0.0933 e. The molecule has 2 rings (SSSR count). The highest BCUT2D eigenvalue weighted by Crippen LogP contribution is 2.20. The molecule has 0 fully saturated rings. The van der Waals surface area contributed by atoms with Crippen LogP contribution in [0.3, 0.4) is 0 Å². The second-order valence-corrected chi connectivity index (χ2v) is 5.73. The van der Waals surface area contributed by atoms with Gasteiger partial charge in [0.25, 0.3) is 0 Å². The molecule has 0 amide bonds. The van der Waals surface area contributed by atoms with Crippen molar-refractivity contribution >= 4 is 16.6 Å². The third kappa shape index (κ3) is 3.48. The number of aromatic nitrogens is 1. The molecule has 0 saturated carbocycles. The molecule has 0 radical (unpaired) electrons. The Balaban J connectivity index is 2.03. The lowest BCUT2D eigenvalue weighted by molar-refractivity contribution is 0.182. The maximum atomic E-state index is 4.47. The zero-order valence-corrected chi connectivity index (χ0v) is 12.9. The van der Waals surface area contributed by atoms with Crippen molar-refractivity contribution in [2.24, 2.45) is 0 Å². The van der Waals surface area contributed by atoms with E-state index in [1.54, 1.807) is 0 Å². The van der Waals surface area contributed by atoms with E-state index in [9.17, 15) is 0 Å². The second kappa shape index (κ2) is 6.71. The van der Waals surface area contributed by atoms with Crippen LogP contribution in [0.25, 0.3) is 10.9 Å². The fraction of sp³-hybridized carbons (Fsp3) is 0.471. The fourth-order valence-corrected chi connectivity index (χ4v) is 2.68. The molecule has 1 aromatic carbocycles. The fourth-order valence-electron chi connectivity index (χ4n) is 2.68. The van der Waals surface area contributed by atoms with Gasteiger partial charge in [-0.1, -0.05) is 18.2 Å². The van der Waals surface area contributed by atoms with Crippen molar-refractivity contribution in [1.82, 2.24) is 9.88 Å². The standard InChI is InChI=1S/C17H25N3/c1-13(2)20(14(3)4)12-11-18-16-9-5-7-15-8-6-10-19-17(15)16/h5-10,13-14,18H,11-12H2,1-4H3. The molecule has 1 N–H and O–H groups in total. The van der Waals surface area contributed by atoms with Gasteiger partial charge in [-0.3, -0.25) is 9.88 Å². The SMILES string of the molecule is CC(C)N(CCNc1cccc2cccnc12)C(C)C. The summed E-state index contributed by atoms with van der Waals surface area (Å²) < 4.78 is 0. The van der Waals surface area contributed by atoms with E-state index >= 15 is 0 Å². The molecule has 0 aliphatic carbocycles. The molecule has 20 heavy (non-hydrogen) atoms. The van der Waals surface area contributed by atoms with Crippen LogP contribution in [0.4, 0.5) is 5.69 Å². The van der Waals surface area contributed by atoms with Crippen molar-refractivity contribution in [3.63, 3.8) is 0 Å². The van der Waals surface area contributed by atoms with Crippen LogP contribution in [0.2, 0.25) is 0 Å². The summed E-state index contributed by atoms with van der Waals surface area (Å²) in [6, 6.07) is 11.5. The molecule has 2 aromatic rings. The predicted octanol–water partition coefficient (Wildman–Crippen LogP) is 3.77. The van der Waals surface area contributed by atoms with Gasteiger partial charge < -0.3 is 5.32 Å². The second-order valence-electron chi connectivity index (χ2n) is 5.73. The minimum atomic E-state index is 0.572. The van der Waals surface area contributed by atoms with Gasteiger partial charge in [0.1, 0.15) is 0 Å². The van der Waals surface area contributed by atoms with E-state index in [2.05, 4.69) is 67.2 Å². The summed E-state index contributed by atoms with van der Waals surface area (Å²) in [5, 5.41) is 4.71. The van der Waals surface area contributed by atoms with E-state index in [-0.39, 0.29) is 0 Å². The monoisotopic (exact) mass is 271 g/mol. The van der Waals surface area contributed by atoms with Crippen LogP contribution < -0.4 is 5.32 Å². The number of hydrogen-bond acceptors (Lipinski definition) is 3. The molecule has 0 saturated heterocycles. The number of fused-ring (bicyclic) bond motifs is 1. The van der Waals surface area contributed by atoms with Crippen LogP contribution in [0.1, 0.15) is 27.7 Å².